The Kier molecular flexibility index (Phi) is 8.72. The Bertz CT molecular complexity index is 787. The lowest BCUT2D eigenvalue weighted by atomic mass is 10.0. The van der Waals surface area contributed by atoms with Gasteiger partial charge in [-0.25, -0.2) is 9.48 Å². The maximum absolute atomic E-state index is 10.6. The van der Waals surface area contributed by atoms with Crippen LogP contribution in [-0.4, -0.2) is 66.9 Å². The second-order valence-electron chi connectivity index (χ2n) is 6.99. The van der Waals surface area contributed by atoms with E-state index in [4.69, 9.17) is 15.0 Å². The van der Waals surface area contributed by atoms with Crippen LogP contribution in [-0.2, 0) is 24.2 Å². The van der Waals surface area contributed by atoms with E-state index in [0.29, 0.717) is 12.5 Å². The number of aromatic nitrogens is 4. The fraction of sp³-hybridized carbons (Fsp3) is 0.579. The standard InChI is InChI=1S/C17H25N5O.C2HF3O2/c1-2-14-3-4-15(18-11-14)12-21-8-5-17(6-9-21)22-13-16(7-10-23)19-20-22;3-2(4,5)1(6)7/h3-4,11,13,17,23H,2,5-10,12H2,1H3;(H,6,7). The normalized spacial score (nSPS) is 15.5. The summed E-state index contributed by atoms with van der Waals surface area (Å²) in [5.41, 5.74) is 3.30. The third-order valence-electron chi connectivity index (χ3n) is 4.78. The van der Waals surface area contributed by atoms with Gasteiger partial charge in [0.05, 0.1) is 17.4 Å². The van der Waals surface area contributed by atoms with Crippen LogP contribution in [0.2, 0.25) is 0 Å². The summed E-state index contributed by atoms with van der Waals surface area (Å²) < 4.78 is 33.7. The van der Waals surface area contributed by atoms with E-state index in [-0.39, 0.29) is 6.61 Å². The van der Waals surface area contributed by atoms with E-state index < -0.39 is 12.1 Å². The molecule has 8 nitrogen and oxygen atoms in total. The van der Waals surface area contributed by atoms with E-state index in [0.717, 1.165) is 50.3 Å². The van der Waals surface area contributed by atoms with Gasteiger partial charge in [-0.05, 0) is 30.9 Å². The molecule has 0 saturated carbocycles. The first kappa shape index (κ1) is 23.7. The van der Waals surface area contributed by atoms with Crippen LogP contribution < -0.4 is 0 Å². The Morgan fingerprint density at radius 3 is 2.40 bits per heavy atom. The van der Waals surface area contributed by atoms with E-state index in [2.05, 4.69) is 39.3 Å². The summed E-state index contributed by atoms with van der Waals surface area (Å²) in [7, 11) is 0. The van der Waals surface area contributed by atoms with Crippen molar-refractivity contribution in [3.63, 3.8) is 0 Å². The van der Waals surface area contributed by atoms with E-state index in [1.807, 2.05) is 17.1 Å². The number of hydrogen-bond donors (Lipinski definition) is 2. The molecule has 1 aliphatic heterocycles. The molecule has 166 valence electrons. The summed E-state index contributed by atoms with van der Waals surface area (Å²) in [4.78, 5) is 15.9. The molecule has 11 heteroatoms. The summed E-state index contributed by atoms with van der Waals surface area (Å²) in [6, 6.07) is 4.73. The van der Waals surface area contributed by atoms with E-state index in [9.17, 15) is 13.2 Å². The predicted octanol–water partition coefficient (Wildman–Crippen LogP) is 2.24. The van der Waals surface area contributed by atoms with E-state index in [1.54, 1.807) is 0 Å². The van der Waals surface area contributed by atoms with Gasteiger partial charge in [-0.3, -0.25) is 9.88 Å². The maximum atomic E-state index is 10.6. The largest absolute Gasteiger partial charge is 0.490 e. The highest BCUT2D eigenvalue weighted by Gasteiger charge is 2.38. The third-order valence-corrected chi connectivity index (χ3v) is 4.78. The number of alkyl halides is 3. The van der Waals surface area contributed by atoms with Crippen molar-refractivity contribution >= 4 is 5.97 Å². The molecule has 0 bridgehead atoms. The molecule has 0 aliphatic carbocycles. The molecule has 1 aliphatic rings. The Labute approximate surface area is 172 Å². The number of carboxylic acids is 1. The van der Waals surface area contributed by atoms with Gasteiger partial charge in [0, 0.05) is 45.1 Å². The van der Waals surface area contributed by atoms with Gasteiger partial charge in [0.25, 0.3) is 0 Å². The lowest BCUT2D eigenvalue weighted by molar-refractivity contribution is -0.192. The number of carbonyl (C=O) groups is 1. The van der Waals surface area contributed by atoms with E-state index in [1.165, 1.54) is 5.56 Å². The van der Waals surface area contributed by atoms with Crippen LogP contribution in [0.3, 0.4) is 0 Å². The van der Waals surface area contributed by atoms with Crippen molar-refractivity contribution in [3.8, 4) is 0 Å². The Morgan fingerprint density at radius 2 is 1.90 bits per heavy atom. The molecule has 2 aromatic heterocycles. The molecular weight excluding hydrogens is 403 g/mol. The monoisotopic (exact) mass is 429 g/mol. The number of likely N-dealkylation sites (tertiary alicyclic amines) is 1. The molecule has 30 heavy (non-hydrogen) atoms. The molecule has 0 radical (unpaired) electrons. The Hall–Kier alpha value is -2.53. The Balaban J connectivity index is 0.000000396. The zero-order valence-corrected chi connectivity index (χ0v) is 16.7. The highest BCUT2D eigenvalue weighted by Crippen LogP contribution is 2.22. The quantitative estimate of drug-likeness (QED) is 0.726. The first-order chi connectivity index (χ1) is 14.2. The molecule has 3 heterocycles. The first-order valence-corrected chi connectivity index (χ1v) is 9.70. The SMILES string of the molecule is CCc1ccc(CN2CCC(n3cc(CCO)nn3)CC2)nc1.O=C(O)C(F)(F)F. The average Bonchev–Trinajstić information content (AvgIpc) is 3.18. The number of nitrogens with zero attached hydrogens (tertiary/aromatic N) is 5. The molecule has 0 amide bonds. The zero-order chi connectivity index (χ0) is 22.1. The van der Waals surface area contributed by atoms with Crippen molar-refractivity contribution in [2.45, 2.75) is 51.4 Å². The topological polar surface area (TPSA) is 104 Å². The van der Waals surface area contributed by atoms with Crippen molar-refractivity contribution in [1.29, 1.82) is 0 Å². The van der Waals surface area contributed by atoms with Crippen molar-refractivity contribution < 1.29 is 28.2 Å². The minimum Gasteiger partial charge on any atom is -0.475 e. The van der Waals surface area contributed by atoms with Crippen LogP contribution in [0.5, 0.6) is 0 Å². The number of rotatable bonds is 6. The van der Waals surface area contributed by atoms with Gasteiger partial charge >= 0.3 is 12.1 Å². The smallest absolute Gasteiger partial charge is 0.475 e. The summed E-state index contributed by atoms with van der Waals surface area (Å²) in [5.74, 6) is -2.76. The number of pyridine rings is 1. The summed E-state index contributed by atoms with van der Waals surface area (Å²) in [5, 5.41) is 24.4. The summed E-state index contributed by atoms with van der Waals surface area (Å²) >= 11 is 0. The molecule has 3 rings (SSSR count). The number of aryl methyl sites for hydroxylation is 1. The van der Waals surface area contributed by atoms with Crippen LogP contribution in [0.1, 0.15) is 42.8 Å². The molecule has 0 unspecified atom stereocenters. The lowest BCUT2D eigenvalue weighted by Gasteiger charge is -2.31. The van der Waals surface area contributed by atoms with Crippen molar-refractivity contribution in [2.75, 3.05) is 19.7 Å². The Morgan fingerprint density at radius 1 is 1.23 bits per heavy atom. The maximum Gasteiger partial charge on any atom is 0.490 e. The highest BCUT2D eigenvalue weighted by molar-refractivity contribution is 5.73. The molecular formula is C19H26F3N5O3. The number of aliphatic hydroxyl groups excluding tert-OH is 1. The van der Waals surface area contributed by atoms with Crippen LogP contribution in [0.25, 0.3) is 0 Å². The predicted molar refractivity (Wildman–Crippen MR) is 102 cm³/mol. The van der Waals surface area contributed by atoms with Gasteiger partial charge in [0.2, 0.25) is 0 Å². The molecule has 1 saturated heterocycles. The van der Waals surface area contributed by atoms with Gasteiger partial charge in [0.1, 0.15) is 0 Å². The fourth-order valence-corrected chi connectivity index (χ4v) is 3.05. The highest BCUT2D eigenvalue weighted by atomic mass is 19.4. The van der Waals surface area contributed by atoms with Gasteiger partial charge in [-0.1, -0.05) is 18.2 Å². The minimum atomic E-state index is -5.08. The number of aliphatic hydroxyl groups is 1. The van der Waals surface area contributed by atoms with Gasteiger partial charge < -0.3 is 10.2 Å². The summed E-state index contributed by atoms with van der Waals surface area (Å²) in [6.07, 6.45) is 2.65. The van der Waals surface area contributed by atoms with Gasteiger partial charge in [0.15, 0.2) is 0 Å². The third kappa shape index (κ3) is 7.38. The van der Waals surface area contributed by atoms with E-state index >= 15 is 0 Å². The average molecular weight is 429 g/mol. The van der Waals surface area contributed by atoms with Crippen molar-refractivity contribution in [2.24, 2.45) is 0 Å². The van der Waals surface area contributed by atoms with Crippen LogP contribution in [0, 0.1) is 0 Å². The zero-order valence-electron chi connectivity index (χ0n) is 16.7. The van der Waals surface area contributed by atoms with Crippen LogP contribution in [0.4, 0.5) is 13.2 Å². The second kappa shape index (κ2) is 11.0. The van der Waals surface area contributed by atoms with Crippen LogP contribution >= 0.6 is 0 Å². The second-order valence-corrected chi connectivity index (χ2v) is 6.99. The van der Waals surface area contributed by atoms with Crippen molar-refractivity contribution in [1.82, 2.24) is 24.9 Å². The summed E-state index contributed by atoms with van der Waals surface area (Å²) in [6.45, 7) is 5.30. The first-order valence-electron chi connectivity index (χ1n) is 9.70. The molecule has 1 fully saturated rings. The lowest BCUT2D eigenvalue weighted by Crippen LogP contribution is -2.34. The number of aliphatic carboxylic acids is 1. The number of carboxylic acid groups (broad SMARTS) is 1. The molecule has 0 atom stereocenters. The number of halogens is 3. The molecule has 2 aromatic rings. The minimum absolute atomic E-state index is 0.126. The molecule has 0 aromatic carbocycles. The molecule has 2 N–H and O–H groups in total. The van der Waals surface area contributed by atoms with Gasteiger partial charge in [-0.15, -0.1) is 5.10 Å². The number of hydrogen-bond acceptors (Lipinski definition) is 6. The molecule has 0 spiro atoms. The van der Waals surface area contributed by atoms with Crippen LogP contribution in [0.15, 0.2) is 24.5 Å². The van der Waals surface area contributed by atoms with Crippen molar-refractivity contribution in [3.05, 3.63) is 41.5 Å². The fourth-order valence-electron chi connectivity index (χ4n) is 3.05. The van der Waals surface area contributed by atoms with Gasteiger partial charge in [-0.2, -0.15) is 13.2 Å². The number of piperidine rings is 1.